The maximum absolute atomic E-state index is 9.84. The number of benzene rings is 22. The molecule has 4 nitrogen and oxygen atoms in total. The molecule has 0 fully saturated rings. The Hall–Kier alpha value is -18.0. The SMILES string of the molecule is [2H]c1c([2H])c(N(c2ccc(-c3ccc(-c4ccccc4)cc3)cc2)c2ccc(-c3ccccc3-c3ccccc3)cc2)c([2H])c([2H])c1-c1ccc2c(c1)c1ccccc1n2-c1ccc(-c2ccccc2)cc1.[2H]c1c([2H])c([2H])c(-c2c([2H])c([2H])c(-c3c([2H])c([2H])c(N(c4ccc(-c5ccccc5-c5ccccc5)cc4)c4c([2H])c([2H])c(-c5cc6c7ccccc7n(-c7ccc(-c8ccccc8)cc7)c6c([2H])c5[2H])c([2H])c4[2H])c([2H])c3[2H])c([2H])c2[2H])c([2H])c1[2H]. The lowest BCUT2D eigenvalue weighted by atomic mass is 9.94. The van der Waals surface area contributed by atoms with Crippen LogP contribution in [-0.4, -0.2) is 9.13 Å². The summed E-state index contributed by atoms with van der Waals surface area (Å²) in [6.45, 7) is 0. The van der Waals surface area contributed by atoms with E-state index in [1.165, 1.54) is 0 Å². The van der Waals surface area contributed by atoms with Crippen molar-refractivity contribution in [1.82, 2.24) is 9.13 Å². The highest BCUT2D eigenvalue weighted by Crippen LogP contribution is 2.46. The predicted octanol–water partition coefficient (Wildman–Crippen LogP) is 36.5. The first-order valence-corrected chi connectivity index (χ1v) is 44.8. The van der Waals surface area contributed by atoms with Gasteiger partial charge >= 0.3 is 0 Å². The second-order valence-corrected chi connectivity index (χ2v) is 32.8. The molecule has 4 heteroatoms. The number of anilines is 6. The highest BCUT2D eigenvalue weighted by Gasteiger charge is 2.22. The van der Waals surface area contributed by atoms with Crippen molar-refractivity contribution >= 4 is 77.7 Å². The van der Waals surface area contributed by atoms with E-state index in [9.17, 15) is 21.9 Å². The average molecular weight is 1760 g/mol. The molecule has 2 heterocycles. The maximum atomic E-state index is 9.84. The number of rotatable bonds is 20. The molecule has 0 atom stereocenters. The fourth-order valence-electron chi connectivity index (χ4n) is 18.0. The van der Waals surface area contributed by atoms with E-state index in [2.05, 4.69) is 144 Å². The molecule has 0 aliphatic rings. The van der Waals surface area contributed by atoms with E-state index in [0.717, 1.165) is 116 Å². The van der Waals surface area contributed by atoms with E-state index in [0.29, 0.717) is 50.0 Å². The van der Waals surface area contributed by atoms with Crippen molar-refractivity contribution in [3.8, 4) is 145 Å². The number of nitrogens with zero attached hydrogens (tertiary/aromatic N) is 4. The second kappa shape index (κ2) is 37.1. The summed E-state index contributed by atoms with van der Waals surface area (Å²) in [6.07, 6.45) is 0. The highest BCUT2D eigenvalue weighted by atomic mass is 15.1. The molecule has 640 valence electrons. The molecule has 0 radical (unpaired) electrons. The lowest BCUT2D eigenvalue weighted by Gasteiger charge is -2.26. The molecular formula is C132H92N4. The van der Waals surface area contributed by atoms with E-state index in [1.54, 1.807) is 30.3 Å². The van der Waals surface area contributed by atoms with Crippen molar-refractivity contribution < 1.29 is 31.5 Å². The van der Waals surface area contributed by atoms with Gasteiger partial charge in [-0.25, -0.2) is 0 Å². The van der Waals surface area contributed by atoms with Crippen molar-refractivity contribution in [3.05, 3.63) is 558 Å². The lowest BCUT2D eigenvalue weighted by molar-refractivity contribution is 1.18. The molecule has 24 rings (SSSR count). The van der Waals surface area contributed by atoms with Crippen molar-refractivity contribution in [1.29, 1.82) is 0 Å². The van der Waals surface area contributed by atoms with Crippen LogP contribution in [0.2, 0.25) is 0 Å². The molecule has 0 aliphatic carbocycles. The Kier molecular flexibility index (Phi) is 16.6. The predicted molar refractivity (Wildman–Crippen MR) is 576 cm³/mol. The number of para-hydroxylation sites is 2. The van der Waals surface area contributed by atoms with Crippen LogP contribution in [0, 0.1) is 0 Å². The zero-order valence-corrected chi connectivity index (χ0v) is 73.1. The number of hydrogen-bond acceptors (Lipinski definition) is 2. The third-order valence-electron chi connectivity index (χ3n) is 24.7. The van der Waals surface area contributed by atoms with Crippen molar-refractivity contribution in [2.75, 3.05) is 9.80 Å². The molecular weight excluding hydrogens is 1640 g/mol. The quantitative estimate of drug-likeness (QED) is 0.0756. The molecule has 0 amide bonds. The summed E-state index contributed by atoms with van der Waals surface area (Å²) in [5, 5.41) is 3.18. The third-order valence-corrected chi connectivity index (χ3v) is 24.7. The first kappa shape index (κ1) is 60.8. The van der Waals surface area contributed by atoms with Gasteiger partial charge in [-0.2, -0.15) is 0 Å². The molecule has 2 aromatic heterocycles. The van der Waals surface area contributed by atoms with Crippen molar-refractivity contribution in [3.63, 3.8) is 0 Å². The summed E-state index contributed by atoms with van der Waals surface area (Å²) < 4.78 is 218. The molecule has 0 spiro atoms. The van der Waals surface area contributed by atoms with Gasteiger partial charge in [-0.1, -0.05) is 424 Å². The van der Waals surface area contributed by atoms with Crippen LogP contribution in [0.3, 0.4) is 0 Å². The summed E-state index contributed by atoms with van der Waals surface area (Å²) in [6, 6.07) is 123. The average Bonchev–Trinajstić information content (AvgIpc) is 1.65. The minimum Gasteiger partial charge on any atom is -0.311 e. The highest BCUT2D eigenvalue weighted by molar-refractivity contribution is 6.12. The number of fused-ring (bicyclic) bond motifs is 6. The minimum atomic E-state index is -0.908. The summed E-state index contributed by atoms with van der Waals surface area (Å²) in [7, 11) is 0. The molecule has 0 N–H and O–H groups in total. The van der Waals surface area contributed by atoms with Crippen LogP contribution < -0.4 is 9.80 Å². The van der Waals surface area contributed by atoms with Gasteiger partial charge in [-0.3, -0.25) is 0 Å². The summed E-state index contributed by atoms with van der Waals surface area (Å²) in [5.41, 5.74) is 19.4. The summed E-state index contributed by atoms with van der Waals surface area (Å²) >= 11 is 0. The van der Waals surface area contributed by atoms with E-state index in [1.807, 2.05) is 258 Å². The van der Waals surface area contributed by atoms with E-state index in [-0.39, 0.29) is 58.3 Å². The minimum absolute atomic E-state index is 0.0471. The van der Waals surface area contributed by atoms with Gasteiger partial charge in [0.15, 0.2) is 0 Å². The van der Waals surface area contributed by atoms with Gasteiger partial charge < -0.3 is 18.9 Å². The zero-order chi connectivity index (χ0) is 110. The molecule has 0 saturated carbocycles. The van der Waals surface area contributed by atoms with Gasteiger partial charge in [0, 0.05) is 67.0 Å². The van der Waals surface area contributed by atoms with Crippen molar-refractivity contribution in [2.24, 2.45) is 0 Å². The second-order valence-electron chi connectivity index (χ2n) is 32.8. The molecule has 22 aromatic carbocycles. The smallest absolute Gasteiger partial charge is 0.0645 e. The van der Waals surface area contributed by atoms with E-state index >= 15 is 0 Å². The van der Waals surface area contributed by atoms with Crippen LogP contribution >= 0.6 is 0 Å². The Morgan fingerprint density at radius 3 is 0.757 bits per heavy atom. The largest absolute Gasteiger partial charge is 0.311 e. The monoisotopic (exact) mass is 1760 g/mol. The van der Waals surface area contributed by atoms with Crippen LogP contribution in [0.25, 0.3) is 189 Å². The first-order valence-electron chi connectivity index (χ1n) is 56.3. The molecule has 24 aromatic rings. The van der Waals surface area contributed by atoms with Gasteiger partial charge in [0.1, 0.15) is 0 Å². The van der Waals surface area contributed by atoms with Crippen molar-refractivity contribution in [2.45, 2.75) is 0 Å². The molecule has 0 saturated heterocycles. The summed E-state index contributed by atoms with van der Waals surface area (Å²) in [5.74, 6) is 0. The number of aromatic nitrogens is 2. The fraction of sp³-hybridized carbons (Fsp3) is 0. The van der Waals surface area contributed by atoms with Crippen LogP contribution in [0.15, 0.2) is 558 Å². The topological polar surface area (TPSA) is 16.3 Å². The maximum Gasteiger partial charge on any atom is 0.0645 e. The normalized spacial score (nSPS) is 13.6. The fourth-order valence-corrected chi connectivity index (χ4v) is 18.0. The van der Waals surface area contributed by atoms with Crippen LogP contribution in [0.5, 0.6) is 0 Å². The zero-order valence-electron chi connectivity index (χ0n) is 96.1. The Bertz CT molecular complexity index is 9740. The Labute approximate surface area is 826 Å². The summed E-state index contributed by atoms with van der Waals surface area (Å²) in [4.78, 5) is 2.93. The van der Waals surface area contributed by atoms with Gasteiger partial charge in [0.25, 0.3) is 0 Å². The van der Waals surface area contributed by atoms with Gasteiger partial charge in [0.2, 0.25) is 0 Å². The molecule has 0 bridgehead atoms. The van der Waals surface area contributed by atoms with Crippen LogP contribution in [0.4, 0.5) is 34.1 Å². The number of hydrogen-bond donors (Lipinski definition) is 0. The van der Waals surface area contributed by atoms with E-state index < -0.39 is 142 Å². The van der Waals surface area contributed by atoms with Gasteiger partial charge in [0.05, 0.1) is 53.6 Å². The standard InChI is InChI=1S/2C66H46N2/c2*1-4-14-47(15-5-1)49-24-26-50(27-25-49)52-28-37-57(38-29-52)67(59-43-34-55(35-44-59)62-21-11-10-20-61(62)54-18-8-3-9-19-54)58-39-32-53(33-40-58)56-36-45-66-64(46-56)63-22-12-13-23-65(63)68(66)60-41-30-51(31-42-60)48-16-6-2-7-17-48/h2*1-46H/i1D,4D,5D,14D,15D,24D,25D,26D,27D,28D,29D,32D,33D,36D,37D,38D,39D,40D,45D;32D,33D,39D,40D. The first-order chi connectivity index (χ1) is 77.0. The Balaban J connectivity index is 0.000000175. The molecule has 136 heavy (non-hydrogen) atoms. The van der Waals surface area contributed by atoms with Crippen LogP contribution in [0.1, 0.15) is 31.5 Å². The Morgan fingerprint density at radius 1 is 0.140 bits per heavy atom. The van der Waals surface area contributed by atoms with Gasteiger partial charge in [-0.15, -0.1) is 0 Å². The third kappa shape index (κ3) is 16.6. The Morgan fingerprint density at radius 2 is 0.375 bits per heavy atom. The molecule has 0 unspecified atom stereocenters. The van der Waals surface area contributed by atoms with Gasteiger partial charge in [-0.05, 0) is 267 Å². The lowest BCUT2D eigenvalue weighted by Crippen LogP contribution is -2.09. The molecule has 0 aliphatic heterocycles. The van der Waals surface area contributed by atoms with E-state index in [4.69, 9.17) is 9.60 Å². The van der Waals surface area contributed by atoms with Crippen LogP contribution in [-0.2, 0) is 0 Å².